The lowest BCUT2D eigenvalue weighted by Gasteiger charge is -2.04. The molecular formula is C20H20N4O2S2. The van der Waals surface area contributed by atoms with Gasteiger partial charge in [-0.15, -0.1) is 10.2 Å². The minimum atomic E-state index is -0.222. The molecule has 2 amide bonds. The SMILES string of the molecule is Cc1cc(C)cc(C(=O)Nc2nnc(SCC(=O)NCc3ccccc3)s2)c1. The molecule has 8 heteroatoms. The lowest BCUT2D eigenvalue weighted by atomic mass is 10.1. The Morgan fingerprint density at radius 2 is 1.75 bits per heavy atom. The quantitative estimate of drug-likeness (QED) is 0.455. The topological polar surface area (TPSA) is 84.0 Å². The molecule has 2 aromatic carbocycles. The standard InChI is InChI=1S/C20H20N4O2S2/c1-13-8-14(2)10-16(9-13)18(26)22-19-23-24-20(28-19)27-12-17(25)21-11-15-6-4-3-5-7-15/h3-10H,11-12H2,1-2H3,(H,21,25)(H,22,23,26). The number of benzene rings is 2. The number of rotatable bonds is 7. The summed E-state index contributed by atoms with van der Waals surface area (Å²) in [7, 11) is 0. The van der Waals surface area contributed by atoms with E-state index >= 15 is 0 Å². The van der Waals surface area contributed by atoms with Crippen molar-refractivity contribution in [3.8, 4) is 0 Å². The average Bonchev–Trinajstić information content (AvgIpc) is 3.12. The number of carbonyl (C=O) groups excluding carboxylic acids is 2. The molecule has 0 saturated carbocycles. The summed E-state index contributed by atoms with van der Waals surface area (Å²) < 4.78 is 0.630. The number of aromatic nitrogens is 2. The number of nitrogens with one attached hydrogen (secondary N) is 2. The highest BCUT2D eigenvalue weighted by molar-refractivity contribution is 8.01. The van der Waals surface area contributed by atoms with Crippen LogP contribution in [0, 0.1) is 13.8 Å². The van der Waals surface area contributed by atoms with Gasteiger partial charge < -0.3 is 5.32 Å². The third-order valence-electron chi connectivity index (χ3n) is 3.77. The fraction of sp³-hybridized carbons (Fsp3) is 0.200. The Morgan fingerprint density at radius 1 is 1.04 bits per heavy atom. The predicted molar refractivity (Wildman–Crippen MR) is 113 cm³/mol. The first-order valence-electron chi connectivity index (χ1n) is 8.66. The van der Waals surface area contributed by atoms with Gasteiger partial charge in [-0.3, -0.25) is 14.9 Å². The Balaban J connectivity index is 1.48. The van der Waals surface area contributed by atoms with Crippen molar-refractivity contribution in [2.45, 2.75) is 24.7 Å². The molecule has 2 N–H and O–H groups in total. The molecule has 3 rings (SSSR count). The van der Waals surface area contributed by atoms with E-state index in [-0.39, 0.29) is 17.6 Å². The summed E-state index contributed by atoms with van der Waals surface area (Å²) in [6.45, 7) is 4.40. The molecule has 0 atom stereocenters. The third-order valence-corrected chi connectivity index (χ3v) is 5.74. The summed E-state index contributed by atoms with van der Waals surface area (Å²) in [6, 6.07) is 15.4. The van der Waals surface area contributed by atoms with E-state index in [1.165, 1.54) is 23.1 Å². The van der Waals surface area contributed by atoms with Gasteiger partial charge in [-0.25, -0.2) is 0 Å². The van der Waals surface area contributed by atoms with Crippen LogP contribution in [0.4, 0.5) is 5.13 Å². The summed E-state index contributed by atoms with van der Waals surface area (Å²) in [4.78, 5) is 24.3. The lowest BCUT2D eigenvalue weighted by Crippen LogP contribution is -2.24. The van der Waals surface area contributed by atoms with Crippen molar-refractivity contribution in [1.82, 2.24) is 15.5 Å². The zero-order valence-electron chi connectivity index (χ0n) is 15.6. The predicted octanol–water partition coefficient (Wildman–Crippen LogP) is 3.82. The van der Waals surface area contributed by atoms with E-state index in [9.17, 15) is 9.59 Å². The van der Waals surface area contributed by atoms with Crippen LogP contribution < -0.4 is 10.6 Å². The van der Waals surface area contributed by atoms with E-state index in [1.54, 1.807) is 0 Å². The van der Waals surface area contributed by atoms with E-state index in [2.05, 4.69) is 20.8 Å². The summed E-state index contributed by atoms with van der Waals surface area (Å²) in [6.07, 6.45) is 0. The number of aryl methyl sites for hydroxylation is 2. The molecule has 28 heavy (non-hydrogen) atoms. The summed E-state index contributed by atoms with van der Waals surface area (Å²) in [5, 5.41) is 14.0. The van der Waals surface area contributed by atoms with Crippen molar-refractivity contribution in [3.63, 3.8) is 0 Å². The fourth-order valence-corrected chi connectivity index (χ4v) is 4.15. The van der Waals surface area contributed by atoms with E-state index in [0.717, 1.165) is 16.7 Å². The Hall–Kier alpha value is -2.71. The maximum absolute atomic E-state index is 12.4. The number of nitrogens with zero attached hydrogens (tertiary/aromatic N) is 2. The van der Waals surface area contributed by atoms with Crippen LogP contribution in [0.25, 0.3) is 0 Å². The van der Waals surface area contributed by atoms with Crippen molar-refractivity contribution in [2.75, 3.05) is 11.1 Å². The summed E-state index contributed by atoms with van der Waals surface area (Å²) in [5.41, 5.74) is 3.69. The molecule has 0 aliphatic heterocycles. The van der Waals surface area contributed by atoms with Gasteiger partial charge in [0.1, 0.15) is 0 Å². The van der Waals surface area contributed by atoms with Gasteiger partial charge in [0.2, 0.25) is 11.0 Å². The molecular weight excluding hydrogens is 392 g/mol. The molecule has 0 aliphatic rings. The number of amides is 2. The zero-order valence-corrected chi connectivity index (χ0v) is 17.2. The molecule has 1 aromatic heterocycles. The maximum Gasteiger partial charge on any atom is 0.257 e. The minimum Gasteiger partial charge on any atom is -0.351 e. The monoisotopic (exact) mass is 412 g/mol. The Bertz CT molecular complexity index is 953. The summed E-state index contributed by atoms with van der Waals surface area (Å²) >= 11 is 2.54. The van der Waals surface area contributed by atoms with E-state index < -0.39 is 0 Å². The van der Waals surface area contributed by atoms with Crippen molar-refractivity contribution in [3.05, 3.63) is 70.8 Å². The van der Waals surface area contributed by atoms with Crippen LogP contribution in [0.2, 0.25) is 0 Å². The van der Waals surface area contributed by atoms with Crippen LogP contribution in [0.15, 0.2) is 52.9 Å². The molecule has 0 radical (unpaired) electrons. The van der Waals surface area contributed by atoms with Crippen LogP contribution in [0.3, 0.4) is 0 Å². The second kappa shape index (κ2) is 9.48. The number of hydrogen-bond acceptors (Lipinski definition) is 6. The van der Waals surface area contributed by atoms with Gasteiger partial charge in [-0.05, 0) is 31.5 Å². The van der Waals surface area contributed by atoms with Gasteiger partial charge in [0, 0.05) is 12.1 Å². The van der Waals surface area contributed by atoms with Crippen LogP contribution in [-0.2, 0) is 11.3 Å². The molecule has 0 unspecified atom stereocenters. The van der Waals surface area contributed by atoms with Gasteiger partial charge in [0.15, 0.2) is 4.34 Å². The number of carbonyl (C=O) groups is 2. The molecule has 0 bridgehead atoms. The molecule has 0 fully saturated rings. The van der Waals surface area contributed by atoms with Crippen molar-refractivity contribution in [2.24, 2.45) is 0 Å². The highest BCUT2D eigenvalue weighted by Crippen LogP contribution is 2.25. The molecule has 0 spiro atoms. The van der Waals surface area contributed by atoms with E-state index in [4.69, 9.17) is 0 Å². The smallest absolute Gasteiger partial charge is 0.257 e. The first-order chi connectivity index (χ1) is 13.5. The zero-order chi connectivity index (χ0) is 19.9. The second-order valence-corrected chi connectivity index (χ2v) is 8.45. The average molecular weight is 413 g/mol. The molecule has 0 aliphatic carbocycles. The van der Waals surface area contributed by atoms with Crippen molar-refractivity contribution < 1.29 is 9.59 Å². The van der Waals surface area contributed by atoms with Gasteiger partial charge in [-0.1, -0.05) is 70.6 Å². The second-order valence-electron chi connectivity index (χ2n) is 6.25. The molecule has 6 nitrogen and oxygen atoms in total. The van der Waals surface area contributed by atoms with Crippen LogP contribution in [0.1, 0.15) is 27.0 Å². The normalized spacial score (nSPS) is 10.5. The Morgan fingerprint density at radius 3 is 2.46 bits per heavy atom. The largest absolute Gasteiger partial charge is 0.351 e. The number of thioether (sulfide) groups is 1. The van der Waals surface area contributed by atoms with Crippen LogP contribution in [-0.4, -0.2) is 27.8 Å². The highest BCUT2D eigenvalue weighted by atomic mass is 32.2. The van der Waals surface area contributed by atoms with Gasteiger partial charge in [-0.2, -0.15) is 0 Å². The molecule has 144 valence electrons. The fourth-order valence-electron chi connectivity index (χ4n) is 2.57. The first-order valence-corrected chi connectivity index (χ1v) is 10.5. The number of hydrogen-bond donors (Lipinski definition) is 2. The van der Waals surface area contributed by atoms with Gasteiger partial charge >= 0.3 is 0 Å². The Labute approximate surface area is 171 Å². The van der Waals surface area contributed by atoms with Crippen molar-refractivity contribution in [1.29, 1.82) is 0 Å². The number of anilines is 1. The van der Waals surface area contributed by atoms with Gasteiger partial charge in [0.25, 0.3) is 5.91 Å². The Kier molecular flexibility index (Phi) is 6.78. The maximum atomic E-state index is 12.4. The van der Waals surface area contributed by atoms with E-state index in [1.807, 2.05) is 62.4 Å². The van der Waals surface area contributed by atoms with Crippen LogP contribution >= 0.6 is 23.1 Å². The lowest BCUT2D eigenvalue weighted by molar-refractivity contribution is -0.118. The van der Waals surface area contributed by atoms with Crippen molar-refractivity contribution >= 4 is 40.0 Å². The molecule has 3 aromatic rings. The van der Waals surface area contributed by atoms with E-state index in [0.29, 0.717) is 21.6 Å². The van der Waals surface area contributed by atoms with Gasteiger partial charge in [0.05, 0.1) is 5.75 Å². The minimum absolute atomic E-state index is 0.0788. The first kappa shape index (κ1) is 20.0. The summed E-state index contributed by atoms with van der Waals surface area (Å²) in [5.74, 6) is -0.0584. The molecule has 1 heterocycles. The highest BCUT2D eigenvalue weighted by Gasteiger charge is 2.12. The van der Waals surface area contributed by atoms with Crippen LogP contribution in [0.5, 0.6) is 0 Å². The third kappa shape index (κ3) is 5.90. The molecule has 0 saturated heterocycles.